The number of benzene rings is 2. The highest BCUT2D eigenvalue weighted by atomic mass is 16.1. The van der Waals surface area contributed by atoms with Crippen LogP contribution in [0.2, 0.25) is 0 Å². The molecule has 0 radical (unpaired) electrons. The summed E-state index contributed by atoms with van der Waals surface area (Å²) in [6, 6.07) is 19.3. The molecule has 4 rings (SSSR count). The van der Waals surface area contributed by atoms with E-state index < -0.39 is 0 Å². The molecule has 0 fully saturated rings. The molecular formula is C23H21N5O. The predicted octanol–water partition coefficient (Wildman–Crippen LogP) is 4.20. The molecule has 2 heterocycles. The smallest absolute Gasteiger partial charge is 0.255 e. The topological polar surface area (TPSA) is 72.7 Å². The van der Waals surface area contributed by atoms with E-state index in [4.69, 9.17) is 0 Å². The highest BCUT2D eigenvalue weighted by molar-refractivity contribution is 6.04. The number of nitrogens with zero attached hydrogens (tertiary/aromatic N) is 4. The summed E-state index contributed by atoms with van der Waals surface area (Å²) in [6.07, 6.45) is 6.12. The van der Waals surface area contributed by atoms with Crippen molar-refractivity contribution in [3.63, 3.8) is 0 Å². The van der Waals surface area contributed by atoms with Gasteiger partial charge in [0.05, 0.1) is 18.4 Å². The van der Waals surface area contributed by atoms with E-state index in [1.54, 1.807) is 23.3 Å². The van der Waals surface area contributed by atoms with Crippen LogP contribution in [0, 0.1) is 0 Å². The first-order valence-electron chi connectivity index (χ1n) is 9.51. The summed E-state index contributed by atoms with van der Waals surface area (Å²) in [5.74, 6) is -0.145. The summed E-state index contributed by atoms with van der Waals surface area (Å²) in [4.78, 5) is 17.1. The molecule has 29 heavy (non-hydrogen) atoms. The average Bonchev–Trinajstić information content (AvgIpc) is 3.28. The van der Waals surface area contributed by atoms with Gasteiger partial charge >= 0.3 is 0 Å². The Balaban J connectivity index is 1.51. The van der Waals surface area contributed by atoms with Gasteiger partial charge in [0.1, 0.15) is 0 Å². The van der Waals surface area contributed by atoms with Gasteiger partial charge in [-0.15, -0.1) is 5.10 Å². The van der Waals surface area contributed by atoms with Gasteiger partial charge in [-0.25, -0.2) is 4.68 Å². The van der Waals surface area contributed by atoms with Crippen molar-refractivity contribution in [3.8, 4) is 11.3 Å². The number of carbonyl (C=O) groups excluding carboxylic acids is 1. The van der Waals surface area contributed by atoms with Crippen LogP contribution in [0.3, 0.4) is 0 Å². The maximum atomic E-state index is 12.7. The standard InChI is InChI=1S/C23H21N5O/c1-2-18-10-11-20(15-21(18)22-5-3-4-12-24-22)26-23(29)19-8-6-17(7-9-19)16-28-14-13-25-27-28/h3-15H,2,16H2,1H3,(H,26,29). The molecule has 0 aliphatic heterocycles. The molecule has 0 aliphatic rings. The second-order valence-electron chi connectivity index (χ2n) is 6.69. The highest BCUT2D eigenvalue weighted by Crippen LogP contribution is 2.26. The largest absolute Gasteiger partial charge is 0.322 e. The second kappa shape index (κ2) is 8.48. The van der Waals surface area contributed by atoms with Crippen LogP contribution in [-0.2, 0) is 13.0 Å². The first kappa shape index (κ1) is 18.6. The Labute approximate surface area is 169 Å². The third-order valence-corrected chi connectivity index (χ3v) is 4.72. The van der Waals surface area contributed by atoms with E-state index in [9.17, 15) is 4.79 Å². The Kier molecular flexibility index (Phi) is 5.42. The van der Waals surface area contributed by atoms with E-state index in [1.165, 1.54) is 5.56 Å². The molecule has 0 aliphatic carbocycles. The maximum Gasteiger partial charge on any atom is 0.255 e. The quantitative estimate of drug-likeness (QED) is 0.541. The third kappa shape index (κ3) is 4.38. The number of amides is 1. The lowest BCUT2D eigenvalue weighted by Gasteiger charge is -2.12. The zero-order valence-electron chi connectivity index (χ0n) is 16.1. The zero-order chi connectivity index (χ0) is 20.1. The van der Waals surface area contributed by atoms with Gasteiger partial charge in [0.15, 0.2) is 0 Å². The number of anilines is 1. The minimum absolute atomic E-state index is 0.145. The molecule has 6 heteroatoms. The minimum atomic E-state index is -0.145. The Morgan fingerprint density at radius 3 is 2.59 bits per heavy atom. The van der Waals surface area contributed by atoms with Crippen molar-refractivity contribution in [1.29, 1.82) is 0 Å². The number of aromatic nitrogens is 4. The van der Waals surface area contributed by atoms with Crippen molar-refractivity contribution in [1.82, 2.24) is 20.0 Å². The SMILES string of the molecule is CCc1ccc(NC(=O)c2ccc(Cn3ccnn3)cc2)cc1-c1ccccn1. The summed E-state index contributed by atoms with van der Waals surface area (Å²) in [5.41, 5.74) is 5.54. The fourth-order valence-corrected chi connectivity index (χ4v) is 3.19. The first-order valence-corrected chi connectivity index (χ1v) is 9.51. The van der Waals surface area contributed by atoms with Gasteiger partial charge < -0.3 is 5.32 Å². The minimum Gasteiger partial charge on any atom is -0.322 e. The second-order valence-corrected chi connectivity index (χ2v) is 6.69. The van der Waals surface area contributed by atoms with Crippen LogP contribution in [0.5, 0.6) is 0 Å². The van der Waals surface area contributed by atoms with Crippen LogP contribution in [-0.4, -0.2) is 25.9 Å². The molecule has 0 saturated carbocycles. The Bertz CT molecular complexity index is 1090. The molecule has 1 N–H and O–H groups in total. The summed E-state index contributed by atoms with van der Waals surface area (Å²) < 4.78 is 1.74. The summed E-state index contributed by atoms with van der Waals surface area (Å²) in [7, 11) is 0. The highest BCUT2D eigenvalue weighted by Gasteiger charge is 2.10. The van der Waals surface area contributed by atoms with Crippen molar-refractivity contribution in [2.45, 2.75) is 19.9 Å². The molecule has 0 saturated heterocycles. The van der Waals surface area contributed by atoms with E-state index in [0.717, 1.165) is 28.9 Å². The average molecular weight is 383 g/mol. The van der Waals surface area contributed by atoms with Gasteiger partial charge in [-0.2, -0.15) is 0 Å². The zero-order valence-corrected chi connectivity index (χ0v) is 16.1. The van der Waals surface area contributed by atoms with Gasteiger partial charge in [0.25, 0.3) is 5.91 Å². The first-order chi connectivity index (χ1) is 14.2. The number of hydrogen-bond donors (Lipinski definition) is 1. The van der Waals surface area contributed by atoms with E-state index in [-0.39, 0.29) is 5.91 Å². The molecule has 6 nitrogen and oxygen atoms in total. The van der Waals surface area contributed by atoms with Crippen molar-refractivity contribution in [2.75, 3.05) is 5.32 Å². The number of carbonyl (C=O) groups is 1. The lowest BCUT2D eigenvalue weighted by Crippen LogP contribution is -2.12. The van der Waals surface area contributed by atoms with E-state index >= 15 is 0 Å². The lowest BCUT2D eigenvalue weighted by molar-refractivity contribution is 0.102. The molecule has 144 valence electrons. The fraction of sp³-hybridized carbons (Fsp3) is 0.130. The number of aryl methyl sites for hydroxylation is 1. The monoisotopic (exact) mass is 383 g/mol. The van der Waals surface area contributed by atoms with Gasteiger partial charge in [-0.1, -0.05) is 36.4 Å². The Hall–Kier alpha value is -3.80. The molecule has 2 aromatic heterocycles. The molecule has 4 aromatic rings. The van der Waals surface area contributed by atoms with Crippen LogP contribution < -0.4 is 5.32 Å². The molecule has 0 unspecified atom stereocenters. The summed E-state index contributed by atoms with van der Waals surface area (Å²) >= 11 is 0. The van der Waals surface area contributed by atoms with E-state index in [0.29, 0.717) is 12.1 Å². The van der Waals surface area contributed by atoms with Crippen LogP contribution in [0.1, 0.15) is 28.4 Å². The number of pyridine rings is 1. The maximum absolute atomic E-state index is 12.7. The summed E-state index contributed by atoms with van der Waals surface area (Å²) in [5, 5.41) is 10.7. The van der Waals surface area contributed by atoms with E-state index in [1.807, 2.05) is 60.7 Å². The van der Waals surface area contributed by atoms with Crippen molar-refractivity contribution in [2.24, 2.45) is 0 Å². The number of rotatable bonds is 6. The van der Waals surface area contributed by atoms with Crippen molar-refractivity contribution >= 4 is 11.6 Å². The van der Waals surface area contributed by atoms with Gasteiger partial charge in [0, 0.05) is 29.2 Å². The Morgan fingerprint density at radius 1 is 1.03 bits per heavy atom. The van der Waals surface area contributed by atoms with Gasteiger partial charge in [-0.3, -0.25) is 9.78 Å². The number of hydrogen-bond acceptors (Lipinski definition) is 4. The molecule has 2 aromatic carbocycles. The van der Waals surface area contributed by atoms with Crippen molar-refractivity contribution < 1.29 is 4.79 Å². The third-order valence-electron chi connectivity index (χ3n) is 4.72. The van der Waals surface area contributed by atoms with Gasteiger partial charge in [-0.05, 0) is 53.9 Å². The molecule has 1 amide bonds. The predicted molar refractivity (Wildman–Crippen MR) is 113 cm³/mol. The van der Waals surface area contributed by atoms with E-state index in [2.05, 4.69) is 27.5 Å². The molecule has 0 atom stereocenters. The lowest BCUT2D eigenvalue weighted by atomic mass is 10.0. The van der Waals surface area contributed by atoms with Crippen LogP contribution in [0.4, 0.5) is 5.69 Å². The Morgan fingerprint density at radius 2 is 1.90 bits per heavy atom. The molecule has 0 bridgehead atoms. The van der Waals surface area contributed by atoms with Crippen LogP contribution in [0.25, 0.3) is 11.3 Å². The van der Waals surface area contributed by atoms with Crippen LogP contribution >= 0.6 is 0 Å². The normalized spacial score (nSPS) is 10.7. The number of nitrogens with one attached hydrogen (secondary N) is 1. The summed E-state index contributed by atoms with van der Waals surface area (Å²) in [6.45, 7) is 2.73. The van der Waals surface area contributed by atoms with Crippen LogP contribution in [0.15, 0.2) is 79.3 Å². The fourth-order valence-electron chi connectivity index (χ4n) is 3.19. The molecule has 0 spiro atoms. The molecular weight excluding hydrogens is 362 g/mol. The van der Waals surface area contributed by atoms with Gasteiger partial charge in [0.2, 0.25) is 0 Å². The van der Waals surface area contributed by atoms with Crippen molar-refractivity contribution in [3.05, 3.63) is 95.9 Å².